The van der Waals surface area contributed by atoms with Gasteiger partial charge in [0.05, 0.1) is 24.6 Å². The van der Waals surface area contributed by atoms with Crippen LogP contribution in [0.1, 0.15) is 38.4 Å². The van der Waals surface area contributed by atoms with Crippen LogP contribution in [0.2, 0.25) is 0 Å². The van der Waals surface area contributed by atoms with E-state index in [9.17, 15) is 14.7 Å². The predicted molar refractivity (Wildman–Crippen MR) is 138 cm³/mol. The average molecular weight is 482 g/mol. The standard InChI is InChI=1S/C29H27N3O4/c1-20-18-22(21(2)32(20)26-17-11-10-16-25(26)27(33)36-3)19-30-31-28(34)29(35,23-12-6-4-7-13-23)24-14-8-5-9-15-24/h4-19,35H,1-3H3,(H,31,34)/b30-19+. The summed E-state index contributed by atoms with van der Waals surface area (Å²) in [5.41, 5.74) is 5.01. The van der Waals surface area contributed by atoms with Gasteiger partial charge >= 0.3 is 5.97 Å². The van der Waals surface area contributed by atoms with Crippen LogP contribution in [0.3, 0.4) is 0 Å². The number of carbonyl (C=O) groups excluding carboxylic acids is 2. The van der Waals surface area contributed by atoms with E-state index in [0.717, 1.165) is 17.0 Å². The Morgan fingerprint density at radius 1 is 0.917 bits per heavy atom. The monoisotopic (exact) mass is 481 g/mol. The van der Waals surface area contributed by atoms with Gasteiger partial charge in [-0.05, 0) is 43.2 Å². The first-order valence-corrected chi connectivity index (χ1v) is 11.4. The number of hydrogen-bond donors (Lipinski definition) is 2. The fourth-order valence-corrected chi connectivity index (χ4v) is 4.27. The maximum Gasteiger partial charge on any atom is 0.339 e. The van der Waals surface area contributed by atoms with Crippen LogP contribution < -0.4 is 5.43 Å². The number of rotatable bonds is 7. The molecule has 7 heteroatoms. The van der Waals surface area contributed by atoms with Crippen LogP contribution in [-0.2, 0) is 15.1 Å². The molecule has 36 heavy (non-hydrogen) atoms. The van der Waals surface area contributed by atoms with Gasteiger partial charge in [-0.25, -0.2) is 10.2 Å². The van der Waals surface area contributed by atoms with Gasteiger partial charge in [-0.3, -0.25) is 4.79 Å². The largest absolute Gasteiger partial charge is 0.465 e. The third kappa shape index (κ3) is 4.56. The lowest BCUT2D eigenvalue weighted by molar-refractivity contribution is -0.136. The van der Waals surface area contributed by atoms with Crippen LogP contribution in [0.15, 0.2) is 96.1 Å². The number of nitrogens with zero attached hydrogens (tertiary/aromatic N) is 2. The van der Waals surface area contributed by atoms with E-state index >= 15 is 0 Å². The van der Waals surface area contributed by atoms with E-state index < -0.39 is 17.5 Å². The lowest BCUT2D eigenvalue weighted by Crippen LogP contribution is -2.43. The van der Waals surface area contributed by atoms with E-state index in [1.807, 2.05) is 48.7 Å². The van der Waals surface area contributed by atoms with Gasteiger partial charge in [0.25, 0.3) is 5.91 Å². The van der Waals surface area contributed by atoms with Crippen LogP contribution in [0, 0.1) is 13.8 Å². The molecular formula is C29H27N3O4. The van der Waals surface area contributed by atoms with Gasteiger partial charge in [0, 0.05) is 17.0 Å². The van der Waals surface area contributed by atoms with Crippen molar-refractivity contribution >= 4 is 18.1 Å². The molecule has 4 rings (SSSR count). The highest BCUT2D eigenvalue weighted by Gasteiger charge is 2.39. The zero-order valence-corrected chi connectivity index (χ0v) is 20.3. The lowest BCUT2D eigenvalue weighted by atomic mass is 9.85. The van der Waals surface area contributed by atoms with E-state index in [1.165, 1.54) is 13.3 Å². The van der Waals surface area contributed by atoms with Crippen molar-refractivity contribution in [2.24, 2.45) is 5.10 Å². The Hall–Kier alpha value is -4.49. The van der Waals surface area contributed by atoms with Gasteiger partial charge in [-0.15, -0.1) is 0 Å². The summed E-state index contributed by atoms with van der Waals surface area (Å²) in [6, 6.07) is 26.6. The van der Waals surface area contributed by atoms with Crippen molar-refractivity contribution in [2.45, 2.75) is 19.4 Å². The summed E-state index contributed by atoms with van der Waals surface area (Å²) < 4.78 is 6.86. The summed E-state index contributed by atoms with van der Waals surface area (Å²) in [6.45, 7) is 3.81. The highest BCUT2D eigenvalue weighted by Crippen LogP contribution is 2.30. The molecule has 3 aromatic carbocycles. The van der Waals surface area contributed by atoms with Crippen LogP contribution >= 0.6 is 0 Å². The number of para-hydroxylation sites is 1. The first-order valence-electron chi connectivity index (χ1n) is 11.4. The van der Waals surface area contributed by atoms with Crippen molar-refractivity contribution in [1.29, 1.82) is 0 Å². The molecule has 2 N–H and O–H groups in total. The molecule has 7 nitrogen and oxygen atoms in total. The van der Waals surface area contributed by atoms with Crippen LogP contribution in [0.25, 0.3) is 5.69 Å². The normalized spacial score (nSPS) is 11.4. The van der Waals surface area contributed by atoms with E-state index in [2.05, 4.69) is 10.5 Å². The number of esters is 1. The minimum absolute atomic E-state index is 0.429. The molecule has 1 amide bonds. The third-order valence-corrected chi connectivity index (χ3v) is 6.10. The molecule has 0 atom stereocenters. The summed E-state index contributed by atoms with van der Waals surface area (Å²) >= 11 is 0. The first-order chi connectivity index (χ1) is 17.4. The van der Waals surface area contributed by atoms with Crippen molar-refractivity contribution in [3.05, 3.63) is 125 Å². The lowest BCUT2D eigenvalue weighted by Gasteiger charge is -2.27. The predicted octanol–water partition coefficient (Wildman–Crippen LogP) is 4.27. The summed E-state index contributed by atoms with van der Waals surface area (Å²) in [5.74, 6) is -1.11. The second-order valence-corrected chi connectivity index (χ2v) is 8.31. The van der Waals surface area contributed by atoms with E-state index in [0.29, 0.717) is 22.4 Å². The van der Waals surface area contributed by atoms with Gasteiger partial charge < -0.3 is 14.4 Å². The molecule has 0 aliphatic rings. The molecule has 0 fully saturated rings. The van der Waals surface area contributed by atoms with Gasteiger partial charge in [0.1, 0.15) is 0 Å². The number of amides is 1. The molecule has 0 radical (unpaired) electrons. The zero-order valence-electron chi connectivity index (χ0n) is 20.3. The number of aliphatic hydroxyl groups is 1. The molecule has 1 aromatic heterocycles. The summed E-state index contributed by atoms with van der Waals surface area (Å²) in [6.07, 6.45) is 1.52. The van der Waals surface area contributed by atoms with E-state index in [1.54, 1.807) is 60.7 Å². The smallest absolute Gasteiger partial charge is 0.339 e. The Labute approximate surface area is 209 Å². The minimum atomic E-state index is -1.92. The first kappa shape index (κ1) is 24.6. The number of carbonyl (C=O) groups is 2. The summed E-state index contributed by atoms with van der Waals surface area (Å²) in [4.78, 5) is 25.5. The number of methoxy groups -OCH3 is 1. The Morgan fingerprint density at radius 3 is 2.06 bits per heavy atom. The van der Waals surface area contributed by atoms with Crippen molar-refractivity contribution in [3.8, 4) is 5.69 Å². The topological polar surface area (TPSA) is 92.9 Å². The number of benzene rings is 3. The van der Waals surface area contributed by atoms with Crippen LogP contribution in [0.4, 0.5) is 0 Å². The Kier molecular flexibility index (Phi) is 7.12. The number of nitrogens with one attached hydrogen (secondary N) is 1. The SMILES string of the molecule is COC(=O)c1ccccc1-n1c(C)cc(/C=N/NC(=O)C(O)(c2ccccc2)c2ccccc2)c1C. The maximum atomic E-state index is 13.3. The highest BCUT2D eigenvalue weighted by atomic mass is 16.5. The molecule has 0 saturated carbocycles. The van der Waals surface area contributed by atoms with E-state index in [4.69, 9.17) is 4.74 Å². The highest BCUT2D eigenvalue weighted by molar-refractivity contribution is 5.94. The molecule has 0 aliphatic heterocycles. The molecule has 0 saturated heterocycles. The van der Waals surface area contributed by atoms with Crippen LogP contribution in [0.5, 0.6) is 0 Å². The number of aromatic nitrogens is 1. The van der Waals surface area contributed by atoms with Crippen LogP contribution in [-0.4, -0.2) is 34.9 Å². The Morgan fingerprint density at radius 2 is 1.47 bits per heavy atom. The zero-order chi connectivity index (χ0) is 25.7. The van der Waals surface area contributed by atoms with Crippen molar-refractivity contribution in [1.82, 2.24) is 9.99 Å². The fourth-order valence-electron chi connectivity index (χ4n) is 4.27. The minimum Gasteiger partial charge on any atom is -0.465 e. The number of hydrazone groups is 1. The number of hydrogen-bond acceptors (Lipinski definition) is 5. The number of ether oxygens (including phenoxy) is 1. The average Bonchev–Trinajstić information content (AvgIpc) is 3.20. The molecule has 1 heterocycles. The summed E-state index contributed by atoms with van der Waals surface area (Å²) in [5, 5.41) is 15.7. The van der Waals surface area contributed by atoms with Gasteiger partial charge in [-0.2, -0.15) is 5.10 Å². The number of aryl methyl sites for hydroxylation is 1. The van der Waals surface area contributed by atoms with Gasteiger partial charge in [-0.1, -0.05) is 72.8 Å². The Balaban J connectivity index is 1.64. The van der Waals surface area contributed by atoms with Crippen molar-refractivity contribution < 1.29 is 19.4 Å². The molecule has 4 aromatic rings. The quantitative estimate of drug-likeness (QED) is 0.234. The molecule has 0 spiro atoms. The fraction of sp³-hybridized carbons (Fsp3) is 0.138. The summed E-state index contributed by atoms with van der Waals surface area (Å²) in [7, 11) is 1.35. The maximum absolute atomic E-state index is 13.3. The third-order valence-electron chi connectivity index (χ3n) is 6.10. The molecule has 0 unspecified atom stereocenters. The second-order valence-electron chi connectivity index (χ2n) is 8.31. The van der Waals surface area contributed by atoms with Gasteiger partial charge in [0.15, 0.2) is 5.60 Å². The molecule has 182 valence electrons. The molecule has 0 bridgehead atoms. The molecular weight excluding hydrogens is 454 g/mol. The van der Waals surface area contributed by atoms with Crippen molar-refractivity contribution in [3.63, 3.8) is 0 Å². The Bertz CT molecular complexity index is 1370. The second kappa shape index (κ2) is 10.4. The van der Waals surface area contributed by atoms with E-state index in [-0.39, 0.29) is 0 Å². The van der Waals surface area contributed by atoms with Crippen molar-refractivity contribution in [2.75, 3.05) is 7.11 Å². The molecule has 0 aliphatic carbocycles. The van der Waals surface area contributed by atoms with Gasteiger partial charge in [0.2, 0.25) is 0 Å².